The third-order valence-electron chi connectivity index (χ3n) is 3.65. The third kappa shape index (κ3) is 4.15. The first-order chi connectivity index (χ1) is 12.4. The summed E-state index contributed by atoms with van der Waals surface area (Å²) in [7, 11) is 0. The molecule has 1 aromatic heterocycles. The first-order valence-electron chi connectivity index (χ1n) is 7.85. The molecule has 0 aliphatic carbocycles. The minimum atomic E-state index is -0.473. The molecule has 0 saturated heterocycles. The fourth-order valence-corrected chi connectivity index (χ4v) is 2.84. The number of rotatable bonds is 4. The number of amides is 1. The molecule has 0 bridgehead atoms. The van der Waals surface area contributed by atoms with Crippen molar-refractivity contribution in [1.29, 1.82) is 0 Å². The number of nitrogens with zero attached hydrogens (tertiary/aromatic N) is 2. The average Bonchev–Trinajstić information content (AvgIpc) is 2.58. The Labute approximate surface area is 155 Å². The van der Waals surface area contributed by atoms with Gasteiger partial charge in [0.2, 0.25) is 0 Å². The second-order valence-corrected chi connectivity index (χ2v) is 6.22. The highest BCUT2D eigenvalue weighted by Crippen LogP contribution is 2.29. The van der Waals surface area contributed by atoms with Gasteiger partial charge in [-0.1, -0.05) is 23.7 Å². The molecule has 132 valence electrons. The maximum Gasteiger partial charge on any atom is 0.275 e. The van der Waals surface area contributed by atoms with E-state index < -0.39 is 11.7 Å². The smallest absolute Gasteiger partial charge is 0.275 e. The second kappa shape index (κ2) is 7.49. The molecule has 7 heteroatoms. The molecule has 0 saturated carbocycles. The summed E-state index contributed by atoms with van der Waals surface area (Å²) in [5.74, 6) is -0.445. The molecule has 1 amide bonds. The Morgan fingerprint density at radius 3 is 2.58 bits per heavy atom. The van der Waals surface area contributed by atoms with Crippen molar-refractivity contribution in [2.24, 2.45) is 0 Å². The summed E-state index contributed by atoms with van der Waals surface area (Å²) in [4.78, 5) is 20.5. The zero-order valence-electron chi connectivity index (χ0n) is 14.2. The van der Waals surface area contributed by atoms with Gasteiger partial charge < -0.3 is 10.6 Å². The minimum Gasteiger partial charge on any atom is -0.338 e. The number of nitrogens with one attached hydrogen (secondary N) is 2. The van der Waals surface area contributed by atoms with Crippen LogP contribution >= 0.6 is 11.6 Å². The van der Waals surface area contributed by atoms with Gasteiger partial charge in [0.05, 0.1) is 23.1 Å². The number of carbonyl (C=O) groups excluding carboxylic acids is 1. The molecular formula is C19H16ClFN4O. The van der Waals surface area contributed by atoms with Crippen molar-refractivity contribution < 1.29 is 9.18 Å². The van der Waals surface area contributed by atoms with Crippen LogP contribution in [0.25, 0.3) is 0 Å². The molecule has 0 radical (unpaired) electrons. The third-order valence-corrected chi connectivity index (χ3v) is 3.95. The largest absolute Gasteiger partial charge is 0.338 e. The minimum absolute atomic E-state index is 0.117. The lowest BCUT2D eigenvalue weighted by Gasteiger charge is -2.12. The number of hydrogen-bond donors (Lipinski definition) is 2. The van der Waals surface area contributed by atoms with Crippen LogP contribution in [-0.2, 0) is 0 Å². The van der Waals surface area contributed by atoms with E-state index in [0.29, 0.717) is 16.5 Å². The lowest BCUT2D eigenvalue weighted by Crippen LogP contribution is -2.14. The number of benzene rings is 2. The number of halogens is 2. The van der Waals surface area contributed by atoms with Crippen LogP contribution < -0.4 is 10.6 Å². The van der Waals surface area contributed by atoms with Crippen LogP contribution in [0.4, 0.5) is 21.6 Å². The molecule has 0 unspecified atom stereocenters. The molecule has 0 fully saturated rings. The molecule has 0 atom stereocenters. The highest BCUT2D eigenvalue weighted by Gasteiger charge is 2.11. The van der Waals surface area contributed by atoms with Gasteiger partial charge >= 0.3 is 0 Å². The zero-order valence-corrected chi connectivity index (χ0v) is 14.9. The quantitative estimate of drug-likeness (QED) is 0.686. The molecule has 26 heavy (non-hydrogen) atoms. The van der Waals surface area contributed by atoms with Crippen molar-refractivity contribution in [3.63, 3.8) is 0 Å². The predicted molar refractivity (Wildman–Crippen MR) is 101 cm³/mol. The van der Waals surface area contributed by atoms with Crippen LogP contribution in [0.3, 0.4) is 0 Å². The van der Waals surface area contributed by atoms with Crippen LogP contribution in [0.5, 0.6) is 0 Å². The zero-order chi connectivity index (χ0) is 18.7. The Balaban J connectivity index is 1.73. The van der Waals surface area contributed by atoms with E-state index in [4.69, 9.17) is 11.6 Å². The van der Waals surface area contributed by atoms with Crippen LogP contribution in [0.15, 0.2) is 48.8 Å². The normalized spacial score (nSPS) is 10.5. The van der Waals surface area contributed by atoms with Crippen molar-refractivity contribution in [2.75, 3.05) is 10.6 Å². The average molecular weight is 371 g/mol. The van der Waals surface area contributed by atoms with Crippen molar-refractivity contribution in [2.45, 2.75) is 13.8 Å². The number of aryl methyl sites for hydroxylation is 2. The van der Waals surface area contributed by atoms with E-state index in [9.17, 15) is 9.18 Å². The number of carbonyl (C=O) groups is 1. The maximum absolute atomic E-state index is 13.2. The van der Waals surface area contributed by atoms with Crippen molar-refractivity contribution in [3.05, 3.63) is 76.5 Å². The Hall–Kier alpha value is -2.99. The lowest BCUT2D eigenvalue weighted by atomic mass is 10.1. The molecule has 3 rings (SSSR count). The van der Waals surface area contributed by atoms with E-state index in [1.807, 2.05) is 26.0 Å². The highest BCUT2D eigenvalue weighted by molar-refractivity contribution is 6.33. The SMILES string of the molecule is Cc1cc(C)c(Nc2cnc(C(=O)Nc3cccc(F)c3)cn2)c(Cl)c1. The summed E-state index contributed by atoms with van der Waals surface area (Å²) < 4.78 is 13.2. The van der Waals surface area contributed by atoms with E-state index in [-0.39, 0.29) is 5.69 Å². The van der Waals surface area contributed by atoms with Gasteiger partial charge in [-0.2, -0.15) is 0 Å². The first-order valence-corrected chi connectivity index (χ1v) is 8.23. The van der Waals surface area contributed by atoms with Crippen molar-refractivity contribution in [3.8, 4) is 0 Å². The van der Waals surface area contributed by atoms with Gasteiger partial charge in [-0.05, 0) is 49.2 Å². The number of hydrogen-bond acceptors (Lipinski definition) is 4. The van der Waals surface area contributed by atoms with Gasteiger partial charge in [-0.3, -0.25) is 4.79 Å². The van der Waals surface area contributed by atoms with E-state index in [1.54, 1.807) is 6.07 Å². The van der Waals surface area contributed by atoms with Gasteiger partial charge in [-0.25, -0.2) is 14.4 Å². The summed E-state index contributed by atoms with van der Waals surface area (Å²) >= 11 is 6.26. The van der Waals surface area contributed by atoms with Gasteiger partial charge in [0.15, 0.2) is 0 Å². The molecular weight excluding hydrogens is 355 g/mol. The highest BCUT2D eigenvalue weighted by atomic mass is 35.5. The lowest BCUT2D eigenvalue weighted by molar-refractivity contribution is 0.102. The number of aromatic nitrogens is 2. The summed E-state index contributed by atoms with van der Waals surface area (Å²) in [6, 6.07) is 9.48. The summed E-state index contributed by atoms with van der Waals surface area (Å²) in [5, 5.41) is 6.25. The van der Waals surface area contributed by atoms with E-state index in [1.165, 1.54) is 30.6 Å². The molecule has 5 nitrogen and oxygen atoms in total. The molecule has 1 heterocycles. The fraction of sp³-hybridized carbons (Fsp3) is 0.105. The molecule has 3 aromatic rings. The Kier molecular flexibility index (Phi) is 5.14. The van der Waals surface area contributed by atoms with Crippen LogP contribution in [0, 0.1) is 19.7 Å². The Morgan fingerprint density at radius 1 is 1.12 bits per heavy atom. The molecule has 0 aliphatic heterocycles. The standard InChI is InChI=1S/C19H16ClFN4O/c1-11-6-12(2)18(15(20)7-11)25-17-10-22-16(9-23-17)19(26)24-14-5-3-4-13(21)8-14/h3-10H,1-2H3,(H,23,25)(H,24,26). The summed E-state index contributed by atoms with van der Waals surface area (Å²) in [6.07, 6.45) is 2.78. The monoisotopic (exact) mass is 370 g/mol. The van der Waals surface area contributed by atoms with Crippen LogP contribution in [0.2, 0.25) is 5.02 Å². The van der Waals surface area contributed by atoms with Crippen molar-refractivity contribution >= 4 is 34.7 Å². The fourth-order valence-electron chi connectivity index (χ4n) is 2.47. The molecule has 0 aliphatic rings. The van der Waals surface area contributed by atoms with Gasteiger partial charge in [0, 0.05) is 5.69 Å². The molecule has 2 N–H and O–H groups in total. The number of anilines is 3. The Morgan fingerprint density at radius 2 is 1.92 bits per heavy atom. The van der Waals surface area contributed by atoms with Gasteiger partial charge in [0.1, 0.15) is 17.3 Å². The van der Waals surface area contributed by atoms with Crippen molar-refractivity contribution in [1.82, 2.24) is 9.97 Å². The van der Waals surface area contributed by atoms with E-state index in [0.717, 1.165) is 16.8 Å². The maximum atomic E-state index is 13.2. The topological polar surface area (TPSA) is 66.9 Å². The Bertz CT molecular complexity index is 937. The van der Waals surface area contributed by atoms with Crippen LogP contribution in [0.1, 0.15) is 21.6 Å². The van der Waals surface area contributed by atoms with E-state index >= 15 is 0 Å². The van der Waals surface area contributed by atoms with Crippen LogP contribution in [-0.4, -0.2) is 15.9 Å². The molecule has 2 aromatic carbocycles. The summed E-state index contributed by atoms with van der Waals surface area (Å²) in [5.41, 5.74) is 3.24. The van der Waals surface area contributed by atoms with Gasteiger partial charge in [-0.15, -0.1) is 0 Å². The summed E-state index contributed by atoms with van der Waals surface area (Å²) in [6.45, 7) is 3.91. The second-order valence-electron chi connectivity index (χ2n) is 5.81. The molecule has 0 spiro atoms. The van der Waals surface area contributed by atoms with Gasteiger partial charge in [0.25, 0.3) is 5.91 Å². The first kappa shape index (κ1) is 17.8. The van der Waals surface area contributed by atoms with E-state index in [2.05, 4.69) is 20.6 Å². The predicted octanol–water partition coefficient (Wildman–Crippen LogP) is 4.88.